The van der Waals surface area contributed by atoms with E-state index in [2.05, 4.69) is 10.3 Å². The van der Waals surface area contributed by atoms with Crippen molar-refractivity contribution in [2.75, 3.05) is 26.2 Å². The van der Waals surface area contributed by atoms with E-state index in [0.717, 1.165) is 43.1 Å². The zero-order valence-corrected chi connectivity index (χ0v) is 11.3. The molecular weight excluding hydrogens is 240 g/mol. The predicted octanol–water partition coefficient (Wildman–Crippen LogP) is 0.997. The van der Waals surface area contributed by atoms with E-state index < -0.39 is 0 Å². The molecular formula is C14H18N4O. The van der Waals surface area contributed by atoms with Crippen molar-refractivity contribution in [3.8, 4) is 0 Å². The van der Waals surface area contributed by atoms with Gasteiger partial charge in [-0.2, -0.15) is 0 Å². The van der Waals surface area contributed by atoms with Crippen LogP contribution in [0, 0.1) is 13.8 Å². The first-order valence-electron chi connectivity index (χ1n) is 6.62. The second-order valence-electron chi connectivity index (χ2n) is 5.02. The smallest absolute Gasteiger partial charge is 0.272 e. The second kappa shape index (κ2) is 4.66. The van der Waals surface area contributed by atoms with Crippen LogP contribution in [0.4, 0.5) is 0 Å². The van der Waals surface area contributed by atoms with Gasteiger partial charge in [0.1, 0.15) is 11.3 Å². The summed E-state index contributed by atoms with van der Waals surface area (Å²) in [4.78, 5) is 19.0. The Kier molecular flexibility index (Phi) is 2.98. The summed E-state index contributed by atoms with van der Waals surface area (Å²) < 4.78 is 1.90. The van der Waals surface area contributed by atoms with Gasteiger partial charge in [0.2, 0.25) is 0 Å². The van der Waals surface area contributed by atoms with Crippen molar-refractivity contribution in [3.63, 3.8) is 0 Å². The molecule has 100 valence electrons. The Morgan fingerprint density at radius 3 is 2.79 bits per heavy atom. The fourth-order valence-corrected chi connectivity index (χ4v) is 2.54. The van der Waals surface area contributed by atoms with Crippen LogP contribution in [0.2, 0.25) is 0 Å². The number of carbonyl (C=O) groups excluding carboxylic acids is 1. The zero-order chi connectivity index (χ0) is 13.4. The fourth-order valence-electron chi connectivity index (χ4n) is 2.54. The molecule has 0 spiro atoms. The molecule has 1 N–H and O–H groups in total. The first-order valence-corrected chi connectivity index (χ1v) is 6.62. The van der Waals surface area contributed by atoms with Crippen LogP contribution in [0.15, 0.2) is 18.3 Å². The Balaban J connectivity index is 2.03. The number of rotatable bonds is 1. The Bertz CT molecular complexity index is 626. The van der Waals surface area contributed by atoms with Gasteiger partial charge in [0.05, 0.1) is 5.69 Å². The molecule has 0 saturated carbocycles. The lowest BCUT2D eigenvalue weighted by Gasteiger charge is -2.27. The molecule has 2 aromatic heterocycles. The van der Waals surface area contributed by atoms with E-state index in [1.54, 1.807) is 0 Å². The number of fused-ring (bicyclic) bond motifs is 1. The number of pyridine rings is 1. The van der Waals surface area contributed by atoms with E-state index in [4.69, 9.17) is 0 Å². The van der Waals surface area contributed by atoms with Crippen LogP contribution in [-0.4, -0.2) is 46.4 Å². The molecule has 2 aromatic rings. The molecule has 0 unspecified atom stereocenters. The fraction of sp³-hybridized carbons (Fsp3) is 0.429. The molecule has 0 radical (unpaired) electrons. The maximum atomic E-state index is 12.6. The van der Waals surface area contributed by atoms with Crippen molar-refractivity contribution in [1.29, 1.82) is 0 Å². The van der Waals surface area contributed by atoms with Gasteiger partial charge in [0, 0.05) is 32.4 Å². The summed E-state index contributed by atoms with van der Waals surface area (Å²) >= 11 is 0. The zero-order valence-electron chi connectivity index (χ0n) is 11.3. The topological polar surface area (TPSA) is 49.6 Å². The van der Waals surface area contributed by atoms with Gasteiger partial charge in [-0.15, -0.1) is 0 Å². The van der Waals surface area contributed by atoms with Crippen molar-refractivity contribution in [1.82, 2.24) is 19.6 Å². The summed E-state index contributed by atoms with van der Waals surface area (Å²) in [6.45, 7) is 7.18. The Labute approximate surface area is 112 Å². The molecule has 0 aromatic carbocycles. The van der Waals surface area contributed by atoms with Gasteiger partial charge in [0.25, 0.3) is 5.91 Å². The lowest BCUT2D eigenvalue weighted by Crippen LogP contribution is -2.46. The molecule has 0 bridgehead atoms. The van der Waals surface area contributed by atoms with E-state index in [-0.39, 0.29) is 5.91 Å². The number of carbonyl (C=O) groups is 1. The number of aryl methyl sites for hydroxylation is 2. The predicted molar refractivity (Wildman–Crippen MR) is 73.4 cm³/mol. The number of amides is 1. The van der Waals surface area contributed by atoms with Crippen LogP contribution in [0.25, 0.3) is 5.65 Å². The Morgan fingerprint density at radius 2 is 2.05 bits per heavy atom. The van der Waals surface area contributed by atoms with Gasteiger partial charge in [0.15, 0.2) is 0 Å². The number of aromatic nitrogens is 2. The second-order valence-corrected chi connectivity index (χ2v) is 5.02. The molecule has 3 rings (SSSR count). The van der Waals surface area contributed by atoms with E-state index in [1.165, 1.54) is 0 Å². The summed E-state index contributed by atoms with van der Waals surface area (Å²) in [7, 11) is 0. The van der Waals surface area contributed by atoms with Crippen LogP contribution < -0.4 is 5.32 Å². The highest BCUT2D eigenvalue weighted by molar-refractivity contribution is 5.94. The van der Waals surface area contributed by atoms with Gasteiger partial charge in [-0.3, -0.25) is 9.20 Å². The highest BCUT2D eigenvalue weighted by atomic mass is 16.2. The molecule has 1 aliphatic rings. The lowest BCUT2D eigenvalue weighted by atomic mass is 10.2. The highest BCUT2D eigenvalue weighted by Gasteiger charge is 2.23. The highest BCUT2D eigenvalue weighted by Crippen LogP contribution is 2.16. The minimum absolute atomic E-state index is 0.0790. The number of nitrogens with zero attached hydrogens (tertiary/aromatic N) is 3. The minimum Gasteiger partial charge on any atom is -0.335 e. The number of hydrogen-bond acceptors (Lipinski definition) is 3. The van der Waals surface area contributed by atoms with E-state index in [1.807, 2.05) is 41.5 Å². The molecule has 0 atom stereocenters. The largest absolute Gasteiger partial charge is 0.335 e. The SMILES string of the molecule is Cc1ccn2c(C(=O)N3CCNCC3)c(C)nc2c1. The molecule has 1 amide bonds. The van der Waals surface area contributed by atoms with Gasteiger partial charge in [-0.1, -0.05) is 0 Å². The molecule has 5 heteroatoms. The van der Waals surface area contributed by atoms with Crippen LogP contribution >= 0.6 is 0 Å². The summed E-state index contributed by atoms with van der Waals surface area (Å²) in [5, 5.41) is 3.26. The van der Waals surface area contributed by atoms with Crippen LogP contribution in [0.3, 0.4) is 0 Å². The van der Waals surface area contributed by atoms with Crippen molar-refractivity contribution >= 4 is 11.6 Å². The average Bonchev–Trinajstić information content (AvgIpc) is 2.74. The van der Waals surface area contributed by atoms with Crippen molar-refractivity contribution < 1.29 is 4.79 Å². The molecule has 0 aliphatic carbocycles. The molecule has 1 fully saturated rings. The van der Waals surface area contributed by atoms with Gasteiger partial charge < -0.3 is 10.2 Å². The lowest BCUT2D eigenvalue weighted by molar-refractivity contribution is 0.0728. The maximum Gasteiger partial charge on any atom is 0.272 e. The average molecular weight is 258 g/mol. The third-order valence-electron chi connectivity index (χ3n) is 3.56. The Morgan fingerprint density at radius 1 is 1.32 bits per heavy atom. The first-order chi connectivity index (χ1) is 9.16. The summed E-state index contributed by atoms with van der Waals surface area (Å²) in [6.07, 6.45) is 1.93. The van der Waals surface area contributed by atoms with Crippen LogP contribution in [0.5, 0.6) is 0 Å². The number of imidazole rings is 1. The quantitative estimate of drug-likeness (QED) is 0.830. The molecule has 3 heterocycles. The van der Waals surface area contributed by atoms with Crippen LogP contribution in [-0.2, 0) is 0 Å². The molecule has 1 aliphatic heterocycles. The molecule has 5 nitrogen and oxygen atoms in total. The molecule has 1 saturated heterocycles. The number of nitrogens with one attached hydrogen (secondary N) is 1. The maximum absolute atomic E-state index is 12.6. The first kappa shape index (κ1) is 12.2. The van der Waals surface area contributed by atoms with Crippen molar-refractivity contribution in [2.24, 2.45) is 0 Å². The van der Waals surface area contributed by atoms with E-state index in [0.29, 0.717) is 5.69 Å². The standard InChI is InChI=1S/C14H18N4O/c1-10-3-6-18-12(9-10)16-11(2)13(18)14(19)17-7-4-15-5-8-17/h3,6,9,15H,4-5,7-8H2,1-2H3. The third-order valence-corrected chi connectivity index (χ3v) is 3.56. The monoisotopic (exact) mass is 258 g/mol. The van der Waals surface area contributed by atoms with E-state index >= 15 is 0 Å². The summed E-state index contributed by atoms with van der Waals surface area (Å²) in [5.74, 6) is 0.0790. The number of hydrogen-bond donors (Lipinski definition) is 1. The molecule has 19 heavy (non-hydrogen) atoms. The normalized spacial score (nSPS) is 16.0. The third kappa shape index (κ3) is 2.10. The van der Waals surface area contributed by atoms with E-state index in [9.17, 15) is 4.79 Å². The Hall–Kier alpha value is -1.88. The minimum atomic E-state index is 0.0790. The summed E-state index contributed by atoms with van der Waals surface area (Å²) in [5.41, 5.74) is 3.49. The van der Waals surface area contributed by atoms with Gasteiger partial charge in [-0.25, -0.2) is 4.98 Å². The van der Waals surface area contributed by atoms with Gasteiger partial charge in [-0.05, 0) is 31.5 Å². The summed E-state index contributed by atoms with van der Waals surface area (Å²) in [6, 6.07) is 4.00. The van der Waals surface area contributed by atoms with Crippen molar-refractivity contribution in [3.05, 3.63) is 35.3 Å². The van der Waals surface area contributed by atoms with Crippen LogP contribution in [0.1, 0.15) is 21.7 Å². The number of piperazine rings is 1. The van der Waals surface area contributed by atoms with Crippen molar-refractivity contribution in [2.45, 2.75) is 13.8 Å². The van der Waals surface area contributed by atoms with Gasteiger partial charge >= 0.3 is 0 Å².